The second-order valence-corrected chi connectivity index (χ2v) is 10.9. The first-order chi connectivity index (χ1) is 18.0. The van der Waals surface area contributed by atoms with Gasteiger partial charge in [0.1, 0.15) is 5.78 Å². The highest BCUT2D eigenvalue weighted by Gasteiger charge is 2.42. The third-order valence-electron chi connectivity index (χ3n) is 7.73. The summed E-state index contributed by atoms with van der Waals surface area (Å²) in [7, 11) is 0. The predicted molar refractivity (Wildman–Crippen MR) is 146 cm³/mol. The molecule has 0 saturated carbocycles. The number of amides is 2. The number of Topliss-reactive ketones (excluding diaryl/α,β-unsaturated/α-hetero) is 2. The van der Waals surface area contributed by atoms with Gasteiger partial charge in [-0.1, -0.05) is 43.2 Å². The van der Waals surface area contributed by atoms with Crippen LogP contribution < -0.4 is 0 Å². The number of rotatable bonds is 11. The van der Waals surface area contributed by atoms with Crippen molar-refractivity contribution in [2.45, 2.75) is 71.3 Å². The Bertz CT molecular complexity index is 1090. The zero-order valence-electron chi connectivity index (χ0n) is 22.0. The van der Waals surface area contributed by atoms with Gasteiger partial charge >= 0.3 is 6.09 Å². The monoisotopic (exact) mass is 544 g/mol. The summed E-state index contributed by atoms with van der Waals surface area (Å²) in [4.78, 5) is 52.0. The van der Waals surface area contributed by atoms with Crippen LogP contribution in [-0.2, 0) is 14.4 Å². The predicted octanol–water partition coefficient (Wildman–Crippen LogP) is 4.95. The summed E-state index contributed by atoms with van der Waals surface area (Å²) in [5.41, 5.74) is 1.40. The van der Waals surface area contributed by atoms with Gasteiger partial charge in [-0.3, -0.25) is 14.4 Å². The second-order valence-electron chi connectivity index (χ2n) is 10.4. The summed E-state index contributed by atoms with van der Waals surface area (Å²) < 4.78 is 1.53. The fourth-order valence-corrected chi connectivity index (χ4v) is 5.75. The van der Waals surface area contributed by atoms with Crippen LogP contribution in [0.15, 0.2) is 35.5 Å². The van der Waals surface area contributed by atoms with E-state index >= 15 is 0 Å². The van der Waals surface area contributed by atoms with Gasteiger partial charge in [-0.15, -0.1) is 0 Å². The summed E-state index contributed by atoms with van der Waals surface area (Å²) in [6.07, 6.45) is 9.64. The number of nitrogens with zero attached hydrogens (tertiary/aromatic N) is 2. The molecule has 4 atom stereocenters. The summed E-state index contributed by atoms with van der Waals surface area (Å²) >= 11 is 6.02. The van der Waals surface area contributed by atoms with E-state index < -0.39 is 47.8 Å². The highest BCUT2D eigenvalue weighted by molar-refractivity contribution is 6.66. The van der Waals surface area contributed by atoms with Gasteiger partial charge in [0.2, 0.25) is 11.7 Å². The van der Waals surface area contributed by atoms with Crippen LogP contribution in [0.25, 0.3) is 0 Å². The number of nitrogens with one attached hydrogen (secondary N) is 2. The summed E-state index contributed by atoms with van der Waals surface area (Å²) in [5, 5.41) is 26.5. The number of unbranched alkanes of at least 4 members (excludes halogenated alkanes) is 1. The molecule has 0 aromatic rings. The van der Waals surface area contributed by atoms with Gasteiger partial charge in [0.25, 0.3) is 0 Å². The maximum absolute atomic E-state index is 13.2. The molecule has 3 rings (SSSR count). The Labute approximate surface area is 228 Å². The number of halogens is 1. The third-order valence-corrected chi connectivity index (χ3v) is 8.04. The average molecular weight is 545 g/mol. The minimum atomic E-state index is -1.52. The van der Waals surface area contributed by atoms with Crippen molar-refractivity contribution in [1.82, 2.24) is 9.32 Å². The Kier molecular flexibility index (Phi) is 10.3. The number of ketones is 2. The normalized spacial score (nSPS) is 25.3. The maximum atomic E-state index is 13.2. The lowest BCUT2D eigenvalue weighted by Crippen LogP contribution is -2.51. The summed E-state index contributed by atoms with van der Waals surface area (Å²) in [5.74, 6) is -3.46. The fraction of sp³-hybridized carbons (Fsp3) is 0.571. The van der Waals surface area contributed by atoms with Gasteiger partial charge in [0.05, 0.1) is 23.9 Å². The van der Waals surface area contributed by atoms with Gasteiger partial charge in [-0.2, -0.15) is 0 Å². The molecule has 9 nitrogen and oxygen atoms in total. The van der Waals surface area contributed by atoms with E-state index in [4.69, 9.17) is 22.6 Å². The van der Waals surface area contributed by atoms with Crippen molar-refractivity contribution in [3.05, 3.63) is 35.5 Å². The molecule has 0 spiro atoms. The molecule has 38 heavy (non-hydrogen) atoms. The fourth-order valence-electron chi connectivity index (χ4n) is 5.49. The molecule has 0 aromatic heterocycles. The topological polar surface area (TPSA) is 143 Å². The maximum Gasteiger partial charge on any atom is 0.414 e. The van der Waals surface area contributed by atoms with Gasteiger partial charge in [0.15, 0.2) is 0 Å². The molecular formula is C28H37ClN4O5. The van der Waals surface area contributed by atoms with Crippen molar-refractivity contribution in [3.8, 4) is 0 Å². The minimum Gasteiger partial charge on any atom is -0.465 e. The first-order valence-corrected chi connectivity index (χ1v) is 13.6. The highest BCUT2D eigenvalue weighted by Crippen LogP contribution is 2.32. The molecule has 0 radical (unpaired) electrons. The third kappa shape index (κ3) is 6.94. The van der Waals surface area contributed by atoms with Crippen LogP contribution in [-0.4, -0.2) is 68.5 Å². The number of carbonyl (C=O) groups excluding carboxylic acids is 3. The van der Waals surface area contributed by atoms with Crippen molar-refractivity contribution in [3.63, 3.8) is 0 Å². The molecule has 1 fully saturated rings. The van der Waals surface area contributed by atoms with Crippen LogP contribution in [0.1, 0.15) is 65.2 Å². The number of imide groups is 1. The molecule has 2 amide bonds. The van der Waals surface area contributed by atoms with Crippen molar-refractivity contribution >= 4 is 46.8 Å². The second kappa shape index (κ2) is 13.2. The Morgan fingerprint density at radius 2 is 1.89 bits per heavy atom. The van der Waals surface area contributed by atoms with Crippen LogP contribution in [0.3, 0.4) is 0 Å². The van der Waals surface area contributed by atoms with E-state index in [2.05, 4.69) is 6.92 Å². The number of carbonyl (C=O) groups is 4. The first kappa shape index (κ1) is 29.6. The number of allylic oxidation sites excluding steroid dienone is 5. The molecular weight excluding hydrogens is 508 g/mol. The SMILES string of the molecule is CCCCC1=C(C)CC(C(=N)C(=O)C(=N)CC(=O)N(C(=O)O)C2CC=CCC2C(=O)C2CCN(Cl)C2)C=C1. The average Bonchev–Trinajstić information content (AvgIpc) is 3.33. The van der Waals surface area contributed by atoms with Crippen LogP contribution in [0.5, 0.6) is 0 Å². The number of carboxylic acid groups (broad SMARTS) is 1. The molecule has 10 heteroatoms. The van der Waals surface area contributed by atoms with E-state index in [1.165, 1.54) is 9.99 Å². The van der Waals surface area contributed by atoms with Crippen LogP contribution in [0, 0.1) is 28.6 Å². The van der Waals surface area contributed by atoms with Crippen LogP contribution >= 0.6 is 11.8 Å². The van der Waals surface area contributed by atoms with Gasteiger partial charge in [-0.25, -0.2) is 14.1 Å². The van der Waals surface area contributed by atoms with E-state index in [0.29, 0.717) is 37.3 Å². The van der Waals surface area contributed by atoms with Crippen molar-refractivity contribution < 1.29 is 24.3 Å². The minimum absolute atomic E-state index is 0.125. The summed E-state index contributed by atoms with van der Waals surface area (Å²) in [6.45, 7) is 5.03. The van der Waals surface area contributed by atoms with Crippen molar-refractivity contribution in [2.75, 3.05) is 13.1 Å². The van der Waals surface area contributed by atoms with Crippen LogP contribution in [0.4, 0.5) is 4.79 Å². The van der Waals surface area contributed by atoms with Crippen LogP contribution in [0.2, 0.25) is 0 Å². The van der Waals surface area contributed by atoms with Crippen molar-refractivity contribution in [2.24, 2.45) is 17.8 Å². The first-order valence-electron chi connectivity index (χ1n) is 13.3. The molecule has 3 aliphatic rings. The molecule has 1 saturated heterocycles. The molecule has 4 unspecified atom stereocenters. The zero-order valence-corrected chi connectivity index (χ0v) is 22.8. The lowest BCUT2D eigenvalue weighted by atomic mass is 9.79. The summed E-state index contributed by atoms with van der Waals surface area (Å²) in [6, 6.07) is -0.917. The smallest absolute Gasteiger partial charge is 0.414 e. The molecule has 0 bridgehead atoms. The van der Waals surface area contributed by atoms with E-state index in [9.17, 15) is 24.3 Å². The Hall–Kier alpha value is -2.91. The quantitative estimate of drug-likeness (QED) is 0.191. The Morgan fingerprint density at radius 3 is 2.50 bits per heavy atom. The van der Waals surface area contributed by atoms with Gasteiger partial charge < -0.3 is 15.9 Å². The molecule has 0 aromatic carbocycles. The van der Waals surface area contributed by atoms with Gasteiger partial charge in [-0.05, 0) is 62.8 Å². The molecule has 1 heterocycles. The Balaban J connectivity index is 1.67. The van der Waals surface area contributed by atoms with Gasteiger partial charge in [0, 0.05) is 30.8 Å². The lowest BCUT2D eigenvalue weighted by molar-refractivity contribution is -0.134. The number of hydrogen-bond donors (Lipinski definition) is 3. The number of hydrogen-bond acceptors (Lipinski definition) is 7. The van der Waals surface area contributed by atoms with E-state index in [0.717, 1.165) is 24.8 Å². The largest absolute Gasteiger partial charge is 0.465 e. The zero-order chi connectivity index (χ0) is 28.0. The van der Waals surface area contributed by atoms with E-state index in [-0.39, 0.29) is 23.8 Å². The highest BCUT2D eigenvalue weighted by atomic mass is 35.5. The van der Waals surface area contributed by atoms with E-state index in [1.807, 2.05) is 19.1 Å². The molecule has 1 aliphatic heterocycles. The lowest BCUT2D eigenvalue weighted by Gasteiger charge is -2.35. The molecule has 2 aliphatic carbocycles. The molecule has 206 valence electrons. The Morgan fingerprint density at radius 1 is 1.18 bits per heavy atom. The van der Waals surface area contributed by atoms with E-state index in [1.54, 1.807) is 12.2 Å². The van der Waals surface area contributed by atoms with Crippen molar-refractivity contribution in [1.29, 1.82) is 10.8 Å². The standard InChI is InChI=1S/C28H37ClN4O5/c1-3-4-7-18-10-11-19(14-17(18)2)25(31)27(36)22(30)15-24(34)33(28(37)38)23-9-6-5-8-21(23)26(35)20-12-13-32(29)16-20/h5-6,10-11,19-21,23,30-31H,3-4,7-9,12-16H2,1-2H3,(H,37,38). The molecule has 3 N–H and O–H groups in total.